The summed E-state index contributed by atoms with van der Waals surface area (Å²) in [5.74, 6) is 1.41. The second kappa shape index (κ2) is 11.9. The zero-order valence-electron chi connectivity index (χ0n) is 16.3. The molecule has 150 valence electrons. The van der Waals surface area contributed by atoms with Crippen LogP contribution in [0.3, 0.4) is 0 Å². The van der Waals surface area contributed by atoms with Gasteiger partial charge in [0, 0.05) is 12.8 Å². The summed E-state index contributed by atoms with van der Waals surface area (Å²) in [6.45, 7) is 4.46. The molecule has 0 aliphatic heterocycles. The highest BCUT2D eigenvalue weighted by atomic mass is 16.4. The molecule has 2 aliphatic carbocycles. The Bertz CT molecular complexity index is 451. The van der Waals surface area contributed by atoms with E-state index in [-0.39, 0.29) is 12.5 Å². The molecule has 6 nitrogen and oxygen atoms in total. The lowest BCUT2D eigenvalue weighted by Crippen LogP contribution is -2.34. The summed E-state index contributed by atoms with van der Waals surface area (Å²) in [5, 5.41) is 11.1. The molecule has 0 unspecified atom stereocenters. The fourth-order valence-corrected chi connectivity index (χ4v) is 3.83. The third-order valence-corrected chi connectivity index (χ3v) is 5.67. The van der Waals surface area contributed by atoms with Crippen molar-refractivity contribution in [2.45, 2.75) is 78.1 Å². The van der Waals surface area contributed by atoms with Gasteiger partial charge in [-0.15, -0.1) is 0 Å². The van der Waals surface area contributed by atoms with E-state index in [4.69, 9.17) is 10.8 Å². The number of primary amides is 1. The predicted octanol–water partition coefficient (Wildman–Crippen LogP) is 3.09. The molecule has 4 N–H and O–H groups in total. The summed E-state index contributed by atoms with van der Waals surface area (Å²) in [4.78, 5) is 32.2. The number of hydrogen-bond acceptors (Lipinski definition) is 3. The molecular formula is C20H36N2O4. The molecule has 26 heavy (non-hydrogen) atoms. The highest BCUT2D eigenvalue weighted by Gasteiger charge is 2.21. The topological polar surface area (TPSA) is 109 Å². The molecule has 0 atom stereocenters. The molecule has 0 heterocycles. The largest absolute Gasteiger partial charge is 0.481 e. The van der Waals surface area contributed by atoms with Crippen molar-refractivity contribution in [3.63, 3.8) is 0 Å². The van der Waals surface area contributed by atoms with Crippen molar-refractivity contribution >= 4 is 17.8 Å². The molecule has 0 aromatic heterocycles. The first-order chi connectivity index (χ1) is 12.3. The van der Waals surface area contributed by atoms with E-state index in [0.717, 1.165) is 37.5 Å². The minimum Gasteiger partial charge on any atom is -0.481 e. The van der Waals surface area contributed by atoms with Crippen molar-refractivity contribution in [2.75, 3.05) is 6.54 Å². The average Bonchev–Trinajstić information content (AvgIpc) is 2.57. The fraction of sp³-hybridized carbons (Fsp3) is 0.850. The molecular weight excluding hydrogens is 332 g/mol. The van der Waals surface area contributed by atoms with Gasteiger partial charge in [-0.3, -0.25) is 14.4 Å². The van der Waals surface area contributed by atoms with Gasteiger partial charge in [0.2, 0.25) is 11.8 Å². The quantitative estimate of drug-likeness (QED) is 0.669. The lowest BCUT2D eigenvalue weighted by molar-refractivity contribution is -0.138. The summed E-state index contributed by atoms with van der Waals surface area (Å²) in [5.41, 5.74) is 4.94. The lowest BCUT2D eigenvalue weighted by atomic mass is 9.81. The van der Waals surface area contributed by atoms with E-state index in [1.165, 1.54) is 25.7 Å². The van der Waals surface area contributed by atoms with Gasteiger partial charge >= 0.3 is 5.97 Å². The van der Waals surface area contributed by atoms with Gasteiger partial charge in [0.1, 0.15) is 0 Å². The molecule has 0 aromatic carbocycles. The molecule has 2 saturated carbocycles. The maximum absolute atomic E-state index is 11.4. The Balaban J connectivity index is 0.000000273. The Morgan fingerprint density at radius 3 is 1.65 bits per heavy atom. The highest BCUT2D eigenvalue weighted by molar-refractivity contribution is 5.83. The van der Waals surface area contributed by atoms with Crippen LogP contribution < -0.4 is 11.1 Å². The third-order valence-electron chi connectivity index (χ3n) is 5.67. The Morgan fingerprint density at radius 1 is 0.846 bits per heavy atom. The summed E-state index contributed by atoms with van der Waals surface area (Å²) >= 11 is 0. The van der Waals surface area contributed by atoms with E-state index >= 15 is 0 Å². The number of hydrogen-bond donors (Lipinski definition) is 3. The maximum atomic E-state index is 11.4. The van der Waals surface area contributed by atoms with Gasteiger partial charge in [-0.1, -0.05) is 39.5 Å². The fourth-order valence-electron chi connectivity index (χ4n) is 3.83. The van der Waals surface area contributed by atoms with Crippen LogP contribution in [0.25, 0.3) is 0 Å². The van der Waals surface area contributed by atoms with E-state index in [0.29, 0.717) is 24.7 Å². The van der Waals surface area contributed by atoms with Crippen LogP contribution in [0.5, 0.6) is 0 Å². The van der Waals surface area contributed by atoms with Crippen LogP contribution in [-0.4, -0.2) is 29.4 Å². The van der Waals surface area contributed by atoms with Crippen molar-refractivity contribution in [3.05, 3.63) is 0 Å². The average molecular weight is 369 g/mol. The third kappa shape index (κ3) is 10.4. The first-order valence-corrected chi connectivity index (χ1v) is 10.0. The summed E-state index contributed by atoms with van der Waals surface area (Å²) in [6, 6.07) is 0. The van der Waals surface area contributed by atoms with Crippen molar-refractivity contribution in [1.82, 2.24) is 5.32 Å². The molecule has 2 amide bonds. The highest BCUT2D eigenvalue weighted by Crippen LogP contribution is 2.30. The molecule has 0 saturated heterocycles. The Labute approximate surface area is 157 Å². The van der Waals surface area contributed by atoms with E-state index in [1.54, 1.807) is 0 Å². The smallest absolute Gasteiger partial charge is 0.303 e. The standard InChI is InChI=1S/C11H20N2O2.C9H16O2/c1-8-2-4-9(5-3-8)6-11(15)13-7-10(12)14;1-7-2-4-8(5-3-7)6-9(10)11/h8-9H,2-7H2,1H3,(H2,12,14)(H,13,15);7-8H,2-6H2,1H3,(H,10,11). The maximum Gasteiger partial charge on any atom is 0.303 e. The minimum absolute atomic E-state index is 0.0397. The van der Waals surface area contributed by atoms with Gasteiger partial charge in [0.05, 0.1) is 6.54 Å². The number of aliphatic carboxylic acids is 1. The Kier molecular flexibility index (Phi) is 10.3. The van der Waals surface area contributed by atoms with E-state index in [1.807, 2.05) is 0 Å². The Hall–Kier alpha value is -1.59. The minimum atomic E-state index is -0.635. The van der Waals surface area contributed by atoms with Gasteiger partial charge < -0.3 is 16.2 Å². The van der Waals surface area contributed by atoms with Crippen LogP contribution in [0.1, 0.15) is 78.1 Å². The predicted molar refractivity (Wildman–Crippen MR) is 101 cm³/mol. The monoisotopic (exact) mass is 368 g/mol. The van der Waals surface area contributed by atoms with Crippen LogP contribution in [0.2, 0.25) is 0 Å². The molecule has 2 fully saturated rings. The van der Waals surface area contributed by atoms with Crippen LogP contribution in [0.4, 0.5) is 0 Å². The zero-order valence-corrected chi connectivity index (χ0v) is 16.3. The van der Waals surface area contributed by atoms with E-state index in [2.05, 4.69) is 19.2 Å². The number of carbonyl (C=O) groups excluding carboxylic acids is 2. The van der Waals surface area contributed by atoms with Gasteiger partial charge in [-0.05, 0) is 49.4 Å². The van der Waals surface area contributed by atoms with E-state index < -0.39 is 11.9 Å². The Morgan fingerprint density at radius 2 is 1.27 bits per heavy atom. The second-order valence-electron chi connectivity index (χ2n) is 8.30. The summed E-state index contributed by atoms with van der Waals surface area (Å²) < 4.78 is 0. The van der Waals surface area contributed by atoms with Crippen molar-refractivity contribution in [1.29, 1.82) is 0 Å². The van der Waals surface area contributed by atoms with Gasteiger partial charge in [-0.2, -0.15) is 0 Å². The first-order valence-electron chi connectivity index (χ1n) is 10.0. The molecule has 2 aliphatic rings. The first kappa shape index (κ1) is 22.5. The SMILES string of the molecule is CC1CCC(CC(=O)NCC(N)=O)CC1.CC1CCC(CC(=O)O)CC1. The van der Waals surface area contributed by atoms with Crippen LogP contribution >= 0.6 is 0 Å². The normalized spacial score (nSPS) is 28.4. The summed E-state index contributed by atoms with van der Waals surface area (Å²) in [6.07, 6.45) is 10.3. The molecule has 6 heteroatoms. The van der Waals surface area contributed by atoms with E-state index in [9.17, 15) is 14.4 Å². The molecule has 0 bridgehead atoms. The molecule has 0 radical (unpaired) electrons. The molecule has 0 spiro atoms. The molecule has 0 aromatic rings. The van der Waals surface area contributed by atoms with Gasteiger partial charge in [0.25, 0.3) is 0 Å². The zero-order chi connectivity index (χ0) is 19.5. The van der Waals surface area contributed by atoms with Gasteiger partial charge in [-0.25, -0.2) is 0 Å². The van der Waals surface area contributed by atoms with Crippen molar-refractivity contribution in [2.24, 2.45) is 29.4 Å². The van der Waals surface area contributed by atoms with Crippen LogP contribution in [-0.2, 0) is 14.4 Å². The number of nitrogens with two attached hydrogens (primary N) is 1. The van der Waals surface area contributed by atoms with Crippen LogP contribution in [0, 0.1) is 23.7 Å². The second-order valence-corrected chi connectivity index (χ2v) is 8.30. The summed E-state index contributed by atoms with van der Waals surface area (Å²) in [7, 11) is 0. The van der Waals surface area contributed by atoms with Crippen molar-refractivity contribution < 1.29 is 19.5 Å². The number of carboxylic acids is 1. The van der Waals surface area contributed by atoms with Crippen LogP contribution in [0.15, 0.2) is 0 Å². The number of carboxylic acid groups (broad SMARTS) is 1. The number of carbonyl (C=O) groups is 3. The number of nitrogens with one attached hydrogen (secondary N) is 1. The van der Waals surface area contributed by atoms with Gasteiger partial charge in [0.15, 0.2) is 0 Å². The number of rotatable bonds is 6. The number of amides is 2. The lowest BCUT2D eigenvalue weighted by Gasteiger charge is -2.25. The van der Waals surface area contributed by atoms with Crippen molar-refractivity contribution in [3.8, 4) is 0 Å². The molecule has 2 rings (SSSR count).